The molecule has 2 unspecified atom stereocenters. The Balaban J connectivity index is 3.80. The number of ether oxygens (including phenoxy) is 2. The van der Waals surface area contributed by atoms with Gasteiger partial charge in [0.15, 0.2) is 6.10 Å². The highest BCUT2D eigenvalue weighted by atomic mass is 16.5. The lowest BCUT2D eigenvalue weighted by Gasteiger charge is -2.17. The normalized spacial score (nSPS) is 14.5. The van der Waals surface area contributed by atoms with Crippen LogP contribution in [0.1, 0.15) is 46.5 Å². The molecule has 0 aromatic carbocycles. The number of rotatable bonds is 11. The van der Waals surface area contributed by atoms with E-state index in [1.54, 1.807) is 6.92 Å². The monoisotopic (exact) mass is 246 g/mol. The molecule has 0 aliphatic heterocycles. The van der Waals surface area contributed by atoms with Gasteiger partial charge in [0.05, 0.1) is 6.61 Å². The Kier molecular flexibility index (Phi) is 10.2. The molecule has 0 spiro atoms. The second kappa shape index (κ2) is 10.5. The average Bonchev–Trinajstić information content (AvgIpc) is 2.31. The second-order valence-electron chi connectivity index (χ2n) is 4.24. The Morgan fingerprint density at radius 1 is 1.24 bits per heavy atom. The molecular weight excluding hydrogens is 220 g/mol. The quantitative estimate of drug-likeness (QED) is 0.609. The third-order valence-corrected chi connectivity index (χ3v) is 2.81. The van der Waals surface area contributed by atoms with Gasteiger partial charge in [-0.2, -0.15) is 0 Å². The molecule has 0 fully saturated rings. The molecule has 2 atom stereocenters. The lowest BCUT2D eigenvalue weighted by molar-refractivity contribution is -0.154. The van der Waals surface area contributed by atoms with Crippen molar-refractivity contribution in [3.05, 3.63) is 0 Å². The first-order chi connectivity index (χ1) is 8.15. The molecule has 1 N–H and O–H groups in total. The van der Waals surface area contributed by atoms with Crippen LogP contribution in [0.3, 0.4) is 0 Å². The van der Waals surface area contributed by atoms with E-state index in [4.69, 9.17) is 14.6 Å². The summed E-state index contributed by atoms with van der Waals surface area (Å²) in [4.78, 5) is 10.8. The van der Waals surface area contributed by atoms with Crippen molar-refractivity contribution in [1.82, 2.24) is 0 Å². The zero-order valence-corrected chi connectivity index (χ0v) is 11.3. The number of carbonyl (C=O) groups is 1. The fourth-order valence-electron chi connectivity index (χ4n) is 1.63. The summed E-state index contributed by atoms with van der Waals surface area (Å²) in [5.74, 6) is -0.417. The van der Waals surface area contributed by atoms with Gasteiger partial charge in [-0.1, -0.05) is 33.1 Å². The topological polar surface area (TPSA) is 55.8 Å². The van der Waals surface area contributed by atoms with Crippen molar-refractivity contribution >= 4 is 5.97 Å². The minimum absolute atomic E-state index is 0.145. The second-order valence-corrected chi connectivity index (χ2v) is 4.24. The first-order valence-corrected chi connectivity index (χ1v) is 6.57. The maximum atomic E-state index is 10.8. The summed E-state index contributed by atoms with van der Waals surface area (Å²) in [5, 5.41) is 8.86. The highest BCUT2D eigenvalue weighted by Crippen LogP contribution is 2.13. The maximum Gasteiger partial charge on any atom is 0.335 e. The molecule has 0 aliphatic carbocycles. The summed E-state index contributed by atoms with van der Waals surface area (Å²) in [6, 6.07) is 0. The molecule has 0 aromatic heterocycles. The zero-order chi connectivity index (χ0) is 13.1. The standard InChI is InChI=1S/C13H26O4/c1-4-7-8-11(5-2)9-16-10-12(13(14)15)17-6-3/h11-12H,4-10H2,1-3H3,(H,14,15). The maximum absolute atomic E-state index is 10.8. The van der Waals surface area contributed by atoms with Crippen LogP contribution >= 0.6 is 0 Å². The van der Waals surface area contributed by atoms with Gasteiger partial charge in [0, 0.05) is 13.2 Å². The van der Waals surface area contributed by atoms with E-state index in [1.807, 2.05) is 0 Å². The number of hydrogen-bond donors (Lipinski definition) is 1. The van der Waals surface area contributed by atoms with E-state index in [9.17, 15) is 4.79 Å². The highest BCUT2D eigenvalue weighted by Gasteiger charge is 2.18. The predicted octanol–water partition coefficient (Wildman–Crippen LogP) is 2.71. The van der Waals surface area contributed by atoms with Crippen molar-refractivity contribution in [2.45, 2.75) is 52.6 Å². The van der Waals surface area contributed by atoms with Crippen LogP contribution in [0, 0.1) is 5.92 Å². The van der Waals surface area contributed by atoms with Crippen LogP contribution in [0.5, 0.6) is 0 Å². The number of carboxylic acids is 1. The molecule has 102 valence electrons. The molecule has 0 aliphatic rings. The molecule has 0 rings (SSSR count). The summed E-state index contributed by atoms with van der Waals surface area (Å²) in [6.45, 7) is 7.27. The van der Waals surface area contributed by atoms with Crippen molar-refractivity contribution in [2.24, 2.45) is 5.92 Å². The molecule has 17 heavy (non-hydrogen) atoms. The SMILES string of the molecule is CCCCC(CC)COCC(OCC)C(=O)O. The van der Waals surface area contributed by atoms with Gasteiger partial charge in [-0.25, -0.2) is 4.79 Å². The average molecular weight is 246 g/mol. The Bertz CT molecular complexity index is 194. The van der Waals surface area contributed by atoms with Gasteiger partial charge < -0.3 is 14.6 Å². The molecule has 0 heterocycles. The fourth-order valence-corrected chi connectivity index (χ4v) is 1.63. The summed E-state index contributed by atoms with van der Waals surface area (Å²) >= 11 is 0. The van der Waals surface area contributed by atoms with Gasteiger partial charge in [-0.3, -0.25) is 0 Å². The molecule has 0 aromatic rings. The minimum Gasteiger partial charge on any atom is -0.479 e. The van der Waals surface area contributed by atoms with E-state index in [0.717, 1.165) is 12.8 Å². The van der Waals surface area contributed by atoms with Crippen LogP contribution in [-0.4, -0.2) is 37.0 Å². The van der Waals surface area contributed by atoms with Gasteiger partial charge in [-0.15, -0.1) is 0 Å². The fraction of sp³-hybridized carbons (Fsp3) is 0.923. The third kappa shape index (κ3) is 8.16. The van der Waals surface area contributed by atoms with Crippen LogP contribution in [0.4, 0.5) is 0 Å². The Morgan fingerprint density at radius 3 is 2.41 bits per heavy atom. The molecule has 0 saturated heterocycles. The van der Waals surface area contributed by atoms with E-state index in [1.165, 1.54) is 12.8 Å². The van der Waals surface area contributed by atoms with Gasteiger partial charge in [0.2, 0.25) is 0 Å². The number of hydrogen-bond acceptors (Lipinski definition) is 3. The summed E-state index contributed by atoms with van der Waals surface area (Å²) in [6.07, 6.45) is 3.79. The van der Waals surface area contributed by atoms with Gasteiger partial charge >= 0.3 is 5.97 Å². The molecule has 0 amide bonds. The Labute approximate surface area is 104 Å². The molecular formula is C13H26O4. The predicted molar refractivity (Wildman–Crippen MR) is 67.2 cm³/mol. The van der Waals surface area contributed by atoms with Crippen molar-refractivity contribution in [2.75, 3.05) is 19.8 Å². The summed E-state index contributed by atoms with van der Waals surface area (Å²) in [7, 11) is 0. The van der Waals surface area contributed by atoms with E-state index < -0.39 is 12.1 Å². The van der Waals surface area contributed by atoms with Crippen LogP contribution < -0.4 is 0 Å². The van der Waals surface area contributed by atoms with Crippen LogP contribution in [0.15, 0.2) is 0 Å². The smallest absolute Gasteiger partial charge is 0.335 e. The minimum atomic E-state index is -0.951. The lowest BCUT2D eigenvalue weighted by atomic mass is 10.0. The first kappa shape index (κ1) is 16.4. The number of aliphatic carboxylic acids is 1. The molecule has 0 saturated carbocycles. The number of unbranched alkanes of at least 4 members (excludes halogenated alkanes) is 1. The molecule has 4 nitrogen and oxygen atoms in total. The summed E-state index contributed by atoms with van der Waals surface area (Å²) in [5.41, 5.74) is 0. The van der Waals surface area contributed by atoms with E-state index in [2.05, 4.69) is 13.8 Å². The van der Waals surface area contributed by atoms with Crippen LogP contribution in [-0.2, 0) is 14.3 Å². The van der Waals surface area contributed by atoms with E-state index in [0.29, 0.717) is 19.1 Å². The largest absolute Gasteiger partial charge is 0.479 e. The Morgan fingerprint density at radius 2 is 1.94 bits per heavy atom. The summed E-state index contributed by atoms with van der Waals surface area (Å²) < 4.78 is 10.5. The van der Waals surface area contributed by atoms with Crippen LogP contribution in [0.25, 0.3) is 0 Å². The van der Waals surface area contributed by atoms with Crippen molar-refractivity contribution in [1.29, 1.82) is 0 Å². The highest BCUT2D eigenvalue weighted by molar-refractivity contribution is 5.72. The van der Waals surface area contributed by atoms with Gasteiger partial charge in [0.25, 0.3) is 0 Å². The van der Waals surface area contributed by atoms with Crippen LogP contribution in [0.2, 0.25) is 0 Å². The zero-order valence-electron chi connectivity index (χ0n) is 11.3. The van der Waals surface area contributed by atoms with Gasteiger partial charge in [-0.05, 0) is 19.3 Å². The van der Waals surface area contributed by atoms with E-state index in [-0.39, 0.29) is 6.61 Å². The van der Waals surface area contributed by atoms with Crippen molar-refractivity contribution in [3.8, 4) is 0 Å². The number of carboxylic acid groups (broad SMARTS) is 1. The first-order valence-electron chi connectivity index (χ1n) is 6.57. The molecule has 0 radical (unpaired) electrons. The van der Waals surface area contributed by atoms with Crippen molar-refractivity contribution in [3.63, 3.8) is 0 Å². The molecule has 4 heteroatoms. The molecule has 0 bridgehead atoms. The van der Waals surface area contributed by atoms with Gasteiger partial charge in [0.1, 0.15) is 0 Å². The van der Waals surface area contributed by atoms with E-state index >= 15 is 0 Å². The third-order valence-electron chi connectivity index (χ3n) is 2.81. The van der Waals surface area contributed by atoms with Crippen molar-refractivity contribution < 1.29 is 19.4 Å². The lowest BCUT2D eigenvalue weighted by Crippen LogP contribution is -2.30. The Hall–Kier alpha value is -0.610.